The van der Waals surface area contributed by atoms with Crippen molar-refractivity contribution >= 4 is 15.9 Å². The van der Waals surface area contributed by atoms with Crippen LogP contribution in [0, 0.1) is 12.3 Å². The van der Waals surface area contributed by atoms with E-state index in [-0.39, 0.29) is 0 Å². The fourth-order valence-corrected chi connectivity index (χ4v) is 0.813. The summed E-state index contributed by atoms with van der Waals surface area (Å²) in [6.07, 6.45) is 5.11. The van der Waals surface area contributed by atoms with Crippen LogP contribution in [0.1, 0.15) is 0 Å². The predicted molar refractivity (Wildman–Crippen MR) is 49.3 cm³/mol. The molecule has 0 radical (unpaired) electrons. The summed E-state index contributed by atoms with van der Waals surface area (Å²) in [5, 5.41) is 0.849. The van der Waals surface area contributed by atoms with Crippen LogP contribution < -0.4 is 0 Å². The summed E-state index contributed by atoms with van der Waals surface area (Å²) >= 11 is 3.32. The number of hydrogen-bond acceptors (Lipinski definition) is 1. The van der Waals surface area contributed by atoms with Gasteiger partial charge < -0.3 is 0 Å². The summed E-state index contributed by atoms with van der Waals surface area (Å²) in [5.41, 5.74) is 1.15. The van der Waals surface area contributed by atoms with Gasteiger partial charge >= 0.3 is 0 Å². The van der Waals surface area contributed by atoms with Gasteiger partial charge in [0, 0.05) is 11.9 Å². The van der Waals surface area contributed by atoms with Crippen LogP contribution in [0.4, 0.5) is 0 Å². The molecule has 2 heteroatoms. The summed E-state index contributed by atoms with van der Waals surface area (Å²) in [7, 11) is 1.98. The smallest absolute Gasteiger partial charge is 0.0599 e. The van der Waals surface area contributed by atoms with Gasteiger partial charge in [0.2, 0.25) is 0 Å². The number of hydrogen-bond donors (Lipinski definition) is 0. The molecule has 0 heterocycles. The lowest BCUT2D eigenvalue weighted by atomic mass is 10.3. The summed E-state index contributed by atoms with van der Waals surface area (Å²) in [6.45, 7) is 5.40. The van der Waals surface area contributed by atoms with Gasteiger partial charge in [0.25, 0.3) is 0 Å². The minimum absolute atomic E-state index is 0.687. The molecular formula is C8H12BrN. The Morgan fingerprint density at radius 1 is 1.80 bits per heavy atom. The molecule has 0 amide bonds. The molecule has 0 unspecified atom stereocenters. The van der Waals surface area contributed by atoms with Gasteiger partial charge in [0.1, 0.15) is 0 Å². The predicted octanol–water partition coefficient (Wildman–Crippen LogP) is 1.50. The van der Waals surface area contributed by atoms with E-state index in [9.17, 15) is 0 Å². The number of likely N-dealkylation sites (N-methyl/N-ethyl adjacent to an activating group) is 1. The standard InChI is InChI=1S/C8H12BrN/c1-4-5-10(3)7-8(2)6-9/h1H,2,5-7H2,3H3. The number of terminal acetylenes is 1. The molecule has 0 spiro atoms. The third-order valence-corrected chi connectivity index (χ3v) is 1.84. The zero-order valence-electron chi connectivity index (χ0n) is 6.23. The molecule has 0 rings (SSSR count). The van der Waals surface area contributed by atoms with E-state index >= 15 is 0 Å². The first-order valence-electron chi connectivity index (χ1n) is 3.05. The summed E-state index contributed by atoms with van der Waals surface area (Å²) in [6, 6.07) is 0. The van der Waals surface area contributed by atoms with E-state index in [1.165, 1.54) is 0 Å². The zero-order chi connectivity index (χ0) is 7.98. The maximum absolute atomic E-state index is 5.11. The van der Waals surface area contributed by atoms with Crippen molar-refractivity contribution in [2.45, 2.75) is 0 Å². The average molecular weight is 202 g/mol. The van der Waals surface area contributed by atoms with Gasteiger partial charge in [-0.3, -0.25) is 4.90 Å². The molecule has 0 aromatic rings. The molecule has 0 aromatic heterocycles. The normalized spacial score (nSPS) is 9.40. The molecule has 1 nitrogen and oxygen atoms in total. The summed E-state index contributed by atoms with van der Waals surface area (Å²) < 4.78 is 0. The molecule has 0 fully saturated rings. The Balaban J connectivity index is 3.49. The van der Waals surface area contributed by atoms with E-state index in [1.807, 2.05) is 11.9 Å². The van der Waals surface area contributed by atoms with Gasteiger partial charge in [-0.05, 0) is 7.05 Å². The summed E-state index contributed by atoms with van der Waals surface area (Å²) in [4.78, 5) is 2.05. The fraction of sp³-hybridized carbons (Fsp3) is 0.500. The molecule has 0 bridgehead atoms. The third-order valence-electron chi connectivity index (χ3n) is 1.04. The minimum atomic E-state index is 0.687. The zero-order valence-corrected chi connectivity index (χ0v) is 7.82. The highest BCUT2D eigenvalue weighted by Crippen LogP contribution is 1.97. The Bertz CT molecular complexity index is 146. The second kappa shape index (κ2) is 5.52. The van der Waals surface area contributed by atoms with Crippen molar-refractivity contribution < 1.29 is 0 Å². The van der Waals surface area contributed by atoms with Crippen molar-refractivity contribution in [2.75, 3.05) is 25.5 Å². The Labute approximate surface area is 71.2 Å². The molecule has 0 saturated carbocycles. The number of alkyl halides is 1. The molecular weight excluding hydrogens is 190 g/mol. The van der Waals surface area contributed by atoms with E-state index < -0.39 is 0 Å². The van der Waals surface area contributed by atoms with E-state index in [0.717, 1.165) is 17.4 Å². The molecule has 0 N–H and O–H groups in total. The maximum atomic E-state index is 5.11. The Morgan fingerprint density at radius 2 is 2.40 bits per heavy atom. The van der Waals surface area contributed by atoms with Gasteiger partial charge in [-0.1, -0.05) is 34.0 Å². The largest absolute Gasteiger partial charge is 0.291 e. The van der Waals surface area contributed by atoms with Crippen LogP contribution in [0.15, 0.2) is 12.2 Å². The third kappa shape index (κ3) is 4.60. The highest BCUT2D eigenvalue weighted by atomic mass is 79.9. The molecule has 0 aromatic carbocycles. The van der Waals surface area contributed by atoms with Gasteiger partial charge in [0.15, 0.2) is 0 Å². The van der Waals surface area contributed by atoms with Gasteiger partial charge in [-0.2, -0.15) is 0 Å². The van der Waals surface area contributed by atoms with Crippen molar-refractivity contribution in [2.24, 2.45) is 0 Å². The first-order chi connectivity index (χ1) is 4.70. The van der Waals surface area contributed by atoms with Crippen molar-refractivity contribution in [3.63, 3.8) is 0 Å². The highest BCUT2D eigenvalue weighted by molar-refractivity contribution is 9.09. The van der Waals surface area contributed by atoms with Crippen molar-refractivity contribution in [3.05, 3.63) is 12.2 Å². The number of nitrogens with zero attached hydrogens (tertiary/aromatic N) is 1. The minimum Gasteiger partial charge on any atom is -0.291 e. The van der Waals surface area contributed by atoms with Crippen LogP contribution in [-0.2, 0) is 0 Å². The molecule has 10 heavy (non-hydrogen) atoms. The van der Waals surface area contributed by atoms with E-state index in [4.69, 9.17) is 6.42 Å². The quantitative estimate of drug-likeness (QED) is 0.379. The van der Waals surface area contributed by atoms with Crippen molar-refractivity contribution in [1.82, 2.24) is 4.90 Å². The average Bonchev–Trinajstić information content (AvgIpc) is 1.88. The fourth-order valence-electron chi connectivity index (χ4n) is 0.636. The van der Waals surface area contributed by atoms with E-state index in [2.05, 4.69) is 28.4 Å². The number of halogens is 1. The molecule has 0 atom stereocenters. The van der Waals surface area contributed by atoms with E-state index in [1.54, 1.807) is 0 Å². The first-order valence-corrected chi connectivity index (χ1v) is 4.17. The number of rotatable bonds is 4. The monoisotopic (exact) mass is 201 g/mol. The molecule has 0 aliphatic heterocycles. The lowest BCUT2D eigenvalue weighted by Crippen LogP contribution is -2.21. The Kier molecular flexibility index (Phi) is 5.38. The lowest BCUT2D eigenvalue weighted by molar-refractivity contribution is 0.410. The Hall–Kier alpha value is -0.260. The topological polar surface area (TPSA) is 3.24 Å². The second-order valence-electron chi connectivity index (χ2n) is 2.26. The summed E-state index contributed by atoms with van der Waals surface area (Å²) in [5.74, 6) is 2.57. The van der Waals surface area contributed by atoms with Crippen LogP contribution in [0.2, 0.25) is 0 Å². The molecule has 0 aliphatic carbocycles. The maximum Gasteiger partial charge on any atom is 0.0599 e. The van der Waals surface area contributed by atoms with Gasteiger partial charge in [-0.15, -0.1) is 6.42 Å². The molecule has 56 valence electrons. The first kappa shape index (κ1) is 9.74. The SMILES string of the molecule is C#CCN(C)CC(=C)CBr. The highest BCUT2D eigenvalue weighted by Gasteiger charge is 1.96. The lowest BCUT2D eigenvalue weighted by Gasteiger charge is -2.12. The van der Waals surface area contributed by atoms with Crippen LogP contribution in [0.5, 0.6) is 0 Å². The van der Waals surface area contributed by atoms with Gasteiger partial charge in [-0.25, -0.2) is 0 Å². The van der Waals surface area contributed by atoms with Crippen LogP contribution in [-0.4, -0.2) is 30.4 Å². The van der Waals surface area contributed by atoms with Gasteiger partial charge in [0.05, 0.1) is 6.54 Å². The van der Waals surface area contributed by atoms with Crippen LogP contribution in [0.3, 0.4) is 0 Å². The van der Waals surface area contributed by atoms with Crippen molar-refractivity contribution in [3.8, 4) is 12.3 Å². The van der Waals surface area contributed by atoms with Crippen LogP contribution in [0.25, 0.3) is 0 Å². The second-order valence-corrected chi connectivity index (χ2v) is 2.82. The van der Waals surface area contributed by atoms with Crippen LogP contribution >= 0.6 is 15.9 Å². The molecule has 0 aliphatic rings. The Morgan fingerprint density at radius 3 is 2.80 bits per heavy atom. The molecule has 0 saturated heterocycles. The van der Waals surface area contributed by atoms with E-state index in [0.29, 0.717) is 6.54 Å². The van der Waals surface area contributed by atoms with Crippen molar-refractivity contribution in [1.29, 1.82) is 0 Å².